The molecular weight excluding hydrogens is 398 g/mol. The van der Waals surface area contributed by atoms with Crippen molar-refractivity contribution in [2.24, 2.45) is 14.1 Å². The van der Waals surface area contributed by atoms with Crippen LogP contribution >= 0.6 is 15.9 Å². The molecule has 0 saturated carbocycles. The molecule has 0 amide bonds. The number of aromatic nitrogens is 3. The van der Waals surface area contributed by atoms with Crippen molar-refractivity contribution >= 4 is 26.8 Å². The maximum absolute atomic E-state index is 13.1. The summed E-state index contributed by atoms with van der Waals surface area (Å²) >= 11 is 3.62. The summed E-state index contributed by atoms with van der Waals surface area (Å²) in [5.41, 5.74) is 2.29. The Morgan fingerprint density at radius 2 is 1.81 bits per heavy atom. The van der Waals surface area contributed by atoms with Crippen LogP contribution in [0.5, 0.6) is 0 Å². The first kappa shape index (κ1) is 17.3. The molecule has 1 aromatic carbocycles. The van der Waals surface area contributed by atoms with Crippen molar-refractivity contribution in [2.45, 2.75) is 26.0 Å². The Kier molecular flexibility index (Phi) is 3.79. The highest BCUT2D eigenvalue weighted by molar-refractivity contribution is 9.10. The summed E-state index contributed by atoms with van der Waals surface area (Å²) in [6.07, 6.45) is 0. The van der Waals surface area contributed by atoms with Gasteiger partial charge in [-0.3, -0.25) is 13.9 Å². The molecular formula is C19H20BrN3O3. The van der Waals surface area contributed by atoms with Gasteiger partial charge in [0.1, 0.15) is 0 Å². The van der Waals surface area contributed by atoms with Crippen LogP contribution in [0.4, 0.5) is 0 Å². The van der Waals surface area contributed by atoms with Gasteiger partial charge in [0, 0.05) is 24.1 Å². The molecule has 3 heterocycles. The summed E-state index contributed by atoms with van der Waals surface area (Å²) in [5, 5.41) is 0.551. The van der Waals surface area contributed by atoms with Gasteiger partial charge in [-0.25, -0.2) is 4.79 Å². The topological polar surface area (TPSA) is 58.2 Å². The SMILES string of the molecule is Cn1c(=O)c2c(-c3ccccc3Br)n3c(c2n(C)c1=O)COCC3(C)C. The lowest BCUT2D eigenvalue weighted by Gasteiger charge is -2.35. The minimum absolute atomic E-state index is 0.286. The average molecular weight is 418 g/mol. The third kappa shape index (κ3) is 2.20. The van der Waals surface area contributed by atoms with Crippen LogP contribution in [0.25, 0.3) is 22.2 Å². The fourth-order valence-corrected chi connectivity index (χ4v) is 4.39. The Morgan fingerprint density at radius 1 is 1.12 bits per heavy atom. The molecule has 0 radical (unpaired) electrons. The first-order valence-electron chi connectivity index (χ1n) is 8.42. The molecule has 2 aromatic heterocycles. The van der Waals surface area contributed by atoms with Crippen molar-refractivity contribution in [3.8, 4) is 11.3 Å². The van der Waals surface area contributed by atoms with Gasteiger partial charge in [-0.2, -0.15) is 0 Å². The van der Waals surface area contributed by atoms with Gasteiger partial charge in [-0.05, 0) is 19.9 Å². The zero-order valence-electron chi connectivity index (χ0n) is 15.2. The highest BCUT2D eigenvalue weighted by Gasteiger charge is 2.35. The molecule has 6 nitrogen and oxygen atoms in total. The molecule has 0 aliphatic carbocycles. The third-order valence-electron chi connectivity index (χ3n) is 5.10. The minimum Gasteiger partial charge on any atom is -0.373 e. The number of hydrogen-bond acceptors (Lipinski definition) is 3. The molecule has 136 valence electrons. The molecule has 7 heteroatoms. The van der Waals surface area contributed by atoms with E-state index in [0.29, 0.717) is 24.1 Å². The second kappa shape index (κ2) is 5.69. The van der Waals surface area contributed by atoms with Crippen LogP contribution in [0.1, 0.15) is 19.5 Å². The van der Waals surface area contributed by atoms with E-state index in [1.807, 2.05) is 24.3 Å². The molecule has 26 heavy (non-hydrogen) atoms. The lowest BCUT2D eigenvalue weighted by Crippen LogP contribution is -2.38. The Labute approximate surface area is 158 Å². The van der Waals surface area contributed by atoms with Gasteiger partial charge in [0.15, 0.2) is 0 Å². The summed E-state index contributed by atoms with van der Waals surface area (Å²) in [6, 6.07) is 7.84. The quantitative estimate of drug-likeness (QED) is 0.611. The molecule has 0 unspecified atom stereocenters. The van der Waals surface area contributed by atoms with Gasteiger partial charge in [-0.1, -0.05) is 34.1 Å². The van der Waals surface area contributed by atoms with E-state index in [0.717, 1.165) is 21.4 Å². The van der Waals surface area contributed by atoms with Crippen molar-refractivity contribution in [3.63, 3.8) is 0 Å². The normalized spacial score (nSPS) is 16.0. The molecule has 4 rings (SSSR count). The number of ether oxygens (including phenoxy) is 1. The zero-order chi connectivity index (χ0) is 18.8. The van der Waals surface area contributed by atoms with Crippen LogP contribution in [0.2, 0.25) is 0 Å². The highest BCUT2D eigenvalue weighted by Crippen LogP contribution is 2.41. The highest BCUT2D eigenvalue weighted by atomic mass is 79.9. The van der Waals surface area contributed by atoms with E-state index in [1.54, 1.807) is 11.6 Å². The van der Waals surface area contributed by atoms with Crippen LogP contribution in [-0.4, -0.2) is 20.3 Å². The maximum Gasteiger partial charge on any atom is 0.331 e. The van der Waals surface area contributed by atoms with E-state index in [1.165, 1.54) is 11.6 Å². The molecule has 1 aliphatic rings. The van der Waals surface area contributed by atoms with Crippen LogP contribution in [0.15, 0.2) is 38.3 Å². The third-order valence-corrected chi connectivity index (χ3v) is 5.79. The lowest BCUT2D eigenvalue weighted by atomic mass is 10.0. The largest absolute Gasteiger partial charge is 0.373 e. The summed E-state index contributed by atoms with van der Waals surface area (Å²) < 4.78 is 11.6. The number of benzene rings is 1. The minimum atomic E-state index is -0.349. The fraction of sp³-hybridized carbons (Fsp3) is 0.368. The Hall–Kier alpha value is -2.12. The number of fused-ring (bicyclic) bond motifs is 3. The van der Waals surface area contributed by atoms with Crippen molar-refractivity contribution < 1.29 is 4.74 Å². The van der Waals surface area contributed by atoms with Gasteiger partial charge in [-0.15, -0.1) is 0 Å². The Morgan fingerprint density at radius 3 is 2.50 bits per heavy atom. The van der Waals surface area contributed by atoms with E-state index >= 15 is 0 Å². The van der Waals surface area contributed by atoms with Crippen molar-refractivity contribution in [2.75, 3.05) is 6.61 Å². The lowest BCUT2D eigenvalue weighted by molar-refractivity contribution is 0.0228. The fourth-order valence-electron chi connectivity index (χ4n) is 3.92. The number of rotatable bonds is 1. The van der Waals surface area contributed by atoms with Gasteiger partial charge < -0.3 is 9.30 Å². The summed E-state index contributed by atoms with van der Waals surface area (Å²) in [7, 11) is 3.22. The van der Waals surface area contributed by atoms with E-state index in [4.69, 9.17) is 4.74 Å². The molecule has 1 aliphatic heterocycles. The van der Waals surface area contributed by atoms with Gasteiger partial charge >= 0.3 is 5.69 Å². The predicted molar refractivity (Wildman–Crippen MR) is 105 cm³/mol. The zero-order valence-corrected chi connectivity index (χ0v) is 16.8. The average Bonchev–Trinajstić information content (AvgIpc) is 2.95. The number of hydrogen-bond donors (Lipinski definition) is 0. The molecule has 0 atom stereocenters. The van der Waals surface area contributed by atoms with E-state index in [-0.39, 0.29) is 16.8 Å². The molecule has 0 bridgehead atoms. The van der Waals surface area contributed by atoms with Crippen LogP contribution in [0, 0.1) is 0 Å². The van der Waals surface area contributed by atoms with Crippen LogP contribution in [0.3, 0.4) is 0 Å². The number of halogens is 1. The van der Waals surface area contributed by atoms with Crippen LogP contribution < -0.4 is 11.2 Å². The predicted octanol–water partition coefficient (Wildman–Crippen LogP) is 2.73. The monoisotopic (exact) mass is 417 g/mol. The molecule has 0 N–H and O–H groups in total. The van der Waals surface area contributed by atoms with Crippen molar-refractivity contribution in [1.29, 1.82) is 0 Å². The van der Waals surface area contributed by atoms with E-state index in [2.05, 4.69) is 34.3 Å². The first-order valence-corrected chi connectivity index (χ1v) is 9.21. The maximum atomic E-state index is 13.1. The smallest absolute Gasteiger partial charge is 0.331 e. The van der Waals surface area contributed by atoms with E-state index in [9.17, 15) is 9.59 Å². The summed E-state index contributed by atoms with van der Waals surface area (Å²) in [5.74, 6) is 0. The molecule has 0 saturated heterocycles. The summed E-state index contributed by atoms with van der Waals surface area (Å²) in [6.45, 7) is 5.06. The van der Waals surface area contributed by atoms with Gasteiger partial charge in [0.25, 0.3) is 5.56 Å². The standard InChI is InChI=1S/C19H20BrN3O3/c1-19(2)10-26-9-13-16-14(17(24)22(4)18(25)21(16)3)15(23(13)19)11-7-5-6-8-12(11)20/h5-8H,9-10H2,1-4H3. The van der Waals surface area contributed by atoms with Gasteiger partial charge in [0.05, 0.1) is 41.0 Å². The second-order valence-corrected chi connectivity index (χ2v) is 8.20. The molecule has 0 spiro atoms. The number of aryl methyl sites for hydroxylation is 1. The second-order valence-electron chi connectivity index (χ2n) is 7.35. The first-order chi connectivity index (χ1) is 12.3. The molecule has 3 aromatic rings. The Bertz CT molecular complexity index is 1170. The van der Waals surface area contributed by atoms with Crippen molar-refractivity contribution in [3.05, 3.63) is 55.3 Å². The Balaban J connectivity index is 2.34. The molecule has 0 fully saturated rings. The van der Waals surface area contributed by atoms with Gasteiger partial charge in [0.2, 0.25) is 0 Å². The number of nitrogens with zero attached hydrogens (tertiary/aromatic N) is 3. The van der Waals surface area contributed by atoms with E-state index < -0.39 is 0 Å². The summed E-state index contributed by atoms with van der Waals surface area (Å²) in [4.78, 5) is 25.6. The van der Waals surface area contributed by atoms with Crippen molar-refractivity contribution in [1.82, 2.24) is 13.7 Å². The van der Waals surface area contributed by atoms with Crippen LogP contribution in [-0.2, 0) is 31.0 Å².